The predicted molar refractivity (Wildman–Crippen MR) is 161 cm³/mol. The topological polar surface area (TPSA) is 40.0 Å². The van der Waals surface area contributed by atoms with Crippen LogP contribution in [0.4, 0.5) is 5.69 Å². The molecule has 0 saturated carbocycles. The summed E-state index contributed by atoms with van der Waals surface area (Å²) in [4.78, 5) is 11.5. The van der Waals surface area contributed by atoms with Crippen LogP contribution in [0.15, 0.2) is 131 Å². The molecule has 3 aromatic rings. The maximum atomic E-state index is 5.55. The highest BCUT2D eigenvalue weighted by molar-refractivity contribution is 6.13. The molecule has 4 heteroatoms. The molecule has 0 radical (unpaired) electrons. The normalized spacial score (nSPS) is 20.3. The highest BCUT2D eigenvalue weighted by Gasteiger charge is 2.25. The number of nitrogens with one attached hydrogen (secondary N) is 1. The molecular formula is C34H30N4. The number of guanidine groups is 1. The van der Waals surface area contributed by atoms with Crippen molar-refractivity contribution in [1.29, 1.82) is 0 Å². The van der Waals surface area contributed by atoms with Crippen molar-refractivity contribution in [1.82, 2.24) is 5.32 Å². The number of rotatable bonds is 3. The van der Waals surface area contributed by atoms with E-state index in [0.717, 1.165) is 46.0 Å². The fourth-order valence-corrected chi connectivity index (χ4v) is 4.78. The van der Waals surface area contributed by atoms with Gasteiger partial charge in [0.05, 0.1) is 6.04 Å². The zero-order valence-electron chi connectivity index (χ0n) is 21.5. The zero-order chi connectivity index (χ0) is 26.2. The first-order chi connectivity index (χ1) is 18.7. The molecular weight excluding hydrogens is 464 g/mol. The van der Waals surface area contributed by atoms with Gasteiger partial charge in [-0.25, -0.2) is 9.98 Å². The molecule has 38 heavy (non-hydrogen) atoms. The molecule has 186 valence electrons. The number of benzene rings is 3. The van der Waals surface area contributed by atoms with Crippen molar-refractivity contribution in [3.05, 3.63) is 138 Å². The quantitative estimate of drug-likeness (QED) is 0.314. The van der Waals surface area contributed by atoms with Crippen LogP contribution >= 0.6 is 0 Å². The summed E-state index contributed by atoms with van der Waals surface area (Å²) >= 11 is 0. The lowest BCUT2D eigenvalue weighted by atomic mass is 9.97. The number of nitrogens with zero attached hydrogens (tertiary/aromatic N) is 3. The molecule has 4 nitrogen and oxygen atoms in total. The first kappa shape index (κ1) is 24.8. The molecule has 1 N–H and O–H groups in total. The maximum absolute atomic E-state index is 5.55. The molecule has 2 heterocycles. The van der Waals surface area contributed by atoms with Crippen LogP contribution in [0.3, 0.4) is 0 Å². The monoisotopic (exact) mass is 494 g/mol. The Morgan fingerprint density at radius 2 is 1.74 bits per heavy atom. The molecule has 0 aliphatic carbocycles. The van der Waals surface area contributed by atoms with Crippen molar-refractivity contribution in [2.45, 2.75) is 25.8 Å². The largest absolute Gasteiger partial charge is 0.328 e. The van der Waals surface area contributed by atoms with Crippen LogP contribution in [0, 0.1) is 12.5 Å². The van der Waals surface area contributed by atoms with Crippen molar-refractivity contribution in [2.24, 2.45) is 9.98 Å². The Labute approximate surface area is 225 Å². The van der Waals surface area contributed by atoms with Gasteiger partial charge in [0.1, 0.15) is 0 Å². The first-order valence-corrected chi connectivity index (χ1v) is 12.8. The number of hydrogen-bond acceptors (Lipinski definition) is 4. The van der Waals surface area contributed by atoms with E-state index >= 15 is 0 Å². The van der Waals surface area contributed by atoms with Crippen LogP contribution in [-0.4, -0.2) is 18.2 Å². The van der Waals surface area contributed by atoms with Crippen molar-refractivity contribution in [3.8, 4) is 12.5 Å². The smallest absolute Gasteiger partial charge is 0.208 e. The van der Waals surface area contributed by atoms with Gasteiger partial charge >= 0.3 is 0 Å². The summed E-state index contributed by atoms with van der Waals surface area (Å²) in [5.41, 5.74) is 7.54. The Kier molecular flexibility index (Phi) is 7.77. The van der Waals surface area contributed by atoms with Gasteiger partial charge in [0.25, 0.3) is 0 Å². The molecule has 1 atom stereocenters. The lowest BCUT2D eigenvalue weighted by Crippen LogP contribution is -2.46. The highest BCUT2D eigenvalue weighted by atomic mass is 15.3. The first-order valence-electron chi connectivity index (χ1n) is 12.8. The lowest BCUT2D eigenvalue weighted by molar-refractivity contribution is 0.852. The van der Waals surface area contributed by atoms with E-state index in [1.54, 1.807) is 6.21 Å². The molecule has 5 rings (SSSR count). The minimum atomic E-state index is 0.0534. The maximum Gasteiger partial charge on any atom is 0.208 e. The number of aliphatic imine (C=N–C) groups is 2. The molecule has 0 spiro atoms. The third kappa shape index (κ3) is 5.58. The summed E-state index contributed by atoms with van der Waals surface area (Å²) < 4.78 is 0. The molecule has 3 aromatic carbocycles. The van der Waals surface area contributed by atoms with Crippen LogP contribution < -0.4 is 10.2 Å². The lowest BCUT2D eigenvalue weighted by Gasteiger charge is -2.32. The third-order valence-corrected chi connectivity index (χ3v) is 6.66. The van der Waals surface area contributed by atoms with E-state index < -0.39 is 0 Å². The molecule has 0 bridgehead atoms. The van der Waals surface area contributed by atoms with Gasteiger partial charge in [-0.3, -0.25) is 0 Å². The Bertz CT molecular complexity index is 1500. The van der Waals surface area contributed by atoms with Gasteiger partial charge in [0.2, 0.25) is 5.96 Å². The van der Waals surface area contributed by atoms with Crippen LogP contribution in [0.1, 0.15) is 30.0 Å². The summed E-state index contributed by atoms with van der Waals surface area (Å²) in [5, 5.41) is 3.72. The second-order valence-electron chi connectivity index (χ2n) is 9.18. The summed E-state index contributed by atoms with van der Waals surface area (Å²) in [7, 11) is 0. The van der Waals surface area contributed by atoms with E-state index in [2.05, 4.69) is 113 Å². The highest BCUT2D eigenvalue weighted by Crippen LogP contribution is 2.31. The Hall–Kier alpha value is -4.88. The van der Waals surface area contributed by atoms with Gasteiger partial charge in [-0.2, -0.15) is 0 Å². The van der Waals surface area contributed by atoms with Gasteiger partial charge in [-0.05, 0) is 41.7 Å². The SMILES string of the molecule is C#CN=C/C(=C1\CC(c2ccccc2)=CN=C(N2c3ccccc3C/C=C\C=C/C2C)N1)c1ccccc1. The number of para-hydroxylation sites is 1. The standard InChI is InChI=1S/C34H30N4/c1-3-35-25-31(28-18-10-6-11-19-28)32-23-30(27-16-8-5-9-17-27)24-36-34(37-32)38-26(2)15-7-4-12-20-29-21-13-14-22-33(29)38/h1,4-19,21-22,24-26H,20,23H2,2H3,(H,36,37)/b12-4-,15-7-,32-31-,35-25?. The number of hydrogen-bond donors (Lipinski definition) is 1. The minimum absolute atomic E-state index is 0.0534. The van der Waals surface area contributed by atoms with E-state index in [1.807, 2.05) is 30.5 Å². The number of fused-ring (bicyclic) bond motifs is 1. The minimum Gasteiger partial charge on any atom is -0.328 e. The molecule has 0 amide bonds. The predicted octanol–water partition coefficient (Wildman–Crippen LogP) is 7.01. The van der Waals surface area contributed by atoms with E-state index in [0.29, 0.717) is 6.42 Å². The van der Waals surface area contributed by atoms with Crippen LogP contribution in [0.5, 0.6) is 0 Å². The molecule has 2 aliphatic heterocycles. The second-order valence-corrected chi connectivity index (χ2v) is 9.18. The van der Waals surface area contributed by atoms with Gasteiger partial charge in [-0.15, -0.1) is 0 Å². The van der Waals surface area contributed by atoms with Gasteiger partial charge in [0.15, 0.2) is 0 Å². The third-order valence-electron chi connectivity index (χ3n) is 6.66. The molecule has 0 aromatic heterocycles. The van der Waals surface area contributed by atoms with Gasteiger partial charge in [-0.1, -0.05) is 110 Å². The Morgan fingerprint density at radius 3 is 2.53 bits per heavy atom. The van der Waals surface area contributed by atoms with E-state index in [-0.39, 0.29) is 6.04 Å². The number of terminal acetylenes is 1. The van der Waals surface area contributed by atoms with E-state index in [9.17, 15) is 0 Å². The molecule has 1 unspecified atom stereocenters. The van der Waals surface area contributed by atoms with Crippen LogP contribution in [-0.2, 0) is 6.42 Å². The van der Waals surface area contributed by atoms with Crippen molar-refractivity contribution >= 4 is 29.0 Å². The van der Waals surface area contributed by atoms with Crippen LogP contribution in [0.2, 0.25) is 0 Å². The average molecular weight is 495 g/mol. The van der Waals surface area contributed by atoms with E-state index in [4.69, 9.17) is 11.4 Å². The number of allylic oxidation sites excluding steroid dienone is 5. The molecule has 0 saturated heterocycles. The fourth-order valence-electron chi connectivity index (χ4n) is 4.78. The van der Waals surface area contributed by atoms with E-state index in [1.165, 1.54) is 5.56 Å². The number of anilines is 1. The molecule has 2 aliphatic rings. The van der Waals surface area contributed by atoms with Gasteiger partial charge in [0, 0.05) is 41.8 Å². The van der Waals surface area contributed by atoms with Crippen molar-refractivity contribution < 1.29 is 0 Å². The van der Waals surface area contributed by atoms with Crippen molar-refractivity contribution in [2.75, 3.05) is 4.90 Å². The Balaban J connectivity index is 1.71. The summed E-state index contributed by atoms with van der Waals surface area (Å²) in [6.07, 6.45) is 19.4. The second kappa shape index (κ2) is 11.9. The Morgan fingerprint density at radius 1 is 1.00 bits per heavy atom. The van der Waals surface area contributed by atoms with Crippen LogP contribution in [0.25, 0.3) is 11.1 Å². The van der Waals surface area contributed by atoms with Crippen molar-refractivity contribution in [3.63, 3.8) is 0 Å². The molecule has 0 fully saturated rings. The summed E-state index contributed by atoms with van der Waals surface area (Å²) in [5.74, 6) is 0.750. The zero-order valence-corrected chi connectivity index (χ0v) is 21.5. The van der Waals surface area contributed by atoms with Gasteiger partial charge < -0.3 is 10.2 Å². The summed E-state index contributed by atoms with van der Waals surface area (Å²) in [6, 6.07) is 31.6. The average Bonchev–Trinajstić information content (AvgIpc) is 3.13. The summed E-state index contributed by atoms with van der Waals surface area (Å²) in [6.45, 7) is 2.19. The fraction of sp³-hybridized carbons (Fsp3) is 0.118.